The first-order valence-electron chi connectivity index (χ1n) is 9.39. The number of esters is 1. The molecule has 1 N–H and O–H groups in total. The number of fused-ring (bicyclic) bond motifs is 3. The van der Waals surface area contributed by atoms with Gasteiger partial charge in [0.15, 0.2) is 11.5 Å². The summed E-state index contributed by atoms with van der Waals surface area (Å²) in [6.07, 6.45) is 2.84. The highest BCUT2D eigenvalue weighted by molar-refractivity contribution is 6.04. The number of ether oxygens (including phenoxy) is 3. The highest BCUT2D eigenvalue weighted by Crippen LogP contribution is 2.38. The number of benzene rings is 2. The Labute approximate surface area is 176 Å². The number of hydrogen-bond donors (Lipinski definition) is 1. The van der Waals surface area contributed by atoms with Gasteiger partial charge in [0, 0.05) is 23.4 Å². The summed E-state index contributed by atoms with van der Waals surface area (Å²) < 4.78 is 16.9. The second kappa shape index (κ2) is 7.94. The molecular weight excluding hydrogens is 400 g/mol. The number of H-pyrrole nitrogens is 1. The van der Waals surface area contributed by atoms with Crippen LogP contribution in [0, 0.1) is 6.92 Å². The van der Waals surface area contributed by atoms with Gasteiger partial charge in [-0.2, -0.15) is 9.78 Å². The lowest BCUT2D eigenvalue weighted by atomic mass is 10.2. The van der Waals surface area contributed by atoms with Crippen molar-refractivity contribution in [3.8, 4) is 17.2 Å². The fourth-order valence-corrected chi connectivity index (χ4v) is 3.29. The fraction of sp³-hybridized carbons (Fsp3) is 0.182. The van der Waals surface area contributed by atoms with Crippen LogP contribution in [-0.2, 0) is 4.79 Å². The number of aromatic amines is 1. The summed E-state index contributed by atoms with van der Waals surface area (Å²) in [7, 11) is 2.89. The summed E-state index contributed by atoms with van der Waals surface area (Å²) in [5, 5.41) is 5.12. The van der Waals surface area contributed by atoms with Gasteiger partial charge in [0.25, 0.3) is 5.56 Å². The maximum Gasteiger partial charge on any atom is 0.308 e. The molecule has 0 unspecified atom stereocenters. The molecule has 2 aromatic carbocycles. The number of aromatic nitrogens is 3. The molecule has 0 fully saturated rings. The summed E-state index contributed by atoms with van der Waals surface area (Å²) in [6, 6.07) is 9.11. The summed E-state index contributed by atoms with van der Waals surface area (Å²) >= 11 is 0. The molecule has 9 heteroatoms. The van der Waals surface area contributed by atoms with Crippen LogP contribution < -0.4 is 19.8 Å². The molecule has 4 rings (SSSR count). The highest BCUT2D eigenvalue weighted by atomic mass is 16.6. The minimum absolute atomic E-state index is 0.170. The number of hydrogen-bond acceptors (Lipinski definition) is 7. The van der Waals surface area contributed by atoms with E-state index in [1.807, 2.05) is 25.1 Å². The molecule has 31 heavy (non-hydrogen) atoms. The molecule has 0 atom stereocenters. The number of rotatable bonds is 5. The largest absolute Gasteiger partial charge is 0.493 e. The summed E-state index contributed by atoms with van der Waals surface area (Å²) in [5.41, 5.74) is 3.14. The van der Waals surface area contributed by atoms with E-state index in [1.165, 1.54) is 33.7 Å². The Bertz CT molecular complexity index is 1380. The van der Waals surface area contributed by atoms with Crippen LogP contribution in [0.5, 0.6) is 17.2 Å². The molecule has 0 saturated carbocycles. The number of carbonyl (C=O) groups is 1. The van der Waals surface area contributed by atoms with Gasteiger partial charge in [-0.05, 0) is 31.2 Å². The van der Waals surface area contributed by atoms with Gasteiger partial charge in [0.1, 0.15) is 17.4 Å². The van der Waals surface area contributed by atoms with Crippen LogP contribution in [0.2, 0.25) is 0 Å². The Kier molecular flexibility index (Phi) is 5.16. The Hall–Kier alpha value is -4.14. The topological polar surface area (TPSA) is 108 Å². The predicted molar refractivity (Wildman–Crippen MR) is 116 cm³/mol. The number of methoxy groups -OCH3 is 2. The molecule has 9 nitrogen and oxygen atoms in total. The second-order valence-electron chi connectivity index (χ2n) is 6.88. The predicted octanol–water partition coefficient (Wildman–Crippen LogP) is 3.01. The molecule has 0 bridgehead atoms. The van der Waals surface area contributed by atoms with Crippen molar-refractivity contribution in [2.75, 3.05) is 14.2 Å². The van der Waals surface area contributed by atoms with Crippen LogP contribution in [-0.4, -0.2) is 41.0 Å². The van der Waals surface area contributed by atoms with Crippen molar-refractivity contribution in [1.29, 1.82) is 0 Å². The minimum atomic E-state index is -0.502. The monoisotopic (exact) mass is 420 g/mol. The first kappa shape index (κ1) is 20.1. The SMILES string of the molecule is COc1cc(/C=N/n2cnc3c([nH]c4ccc(C)cc43)c2=O)cc(OC)c1OC(C)=O. The lowest BCUT2D eigenvalue weighted by Gasteiger charge is -2.13. The van der Waals surface area contributed by atoms with E-state index < -0.39 is 5.97 Å². The van der Waals surface area contributed by atoms with Gasteiger partial charge in [-0.3, -0.25) is 9.59 Å². The highest BCUT2D eigenvalue weighted by Gasteiger charge is 2.16. The number of nitrogens with zero attached hydrogens (tertiary/aromatic N) is 3. The number of nitrogens with one attached hydrogen (secondary N) is 1. The maximum atomic E-state index is 12.9. The van der Waals surface area contributed by atoms with Crippen molar-refractivity contribution in [1.82, 2.24) is 14.6 Å². The first-order valence-corrected chi connectivity index (χ1v) is 9.39. The van der Waals surface area contributed by atoms with Crippen molar-refractivity contribution < 1.29 is 19.0 Å². The quantitative estimate of drug-likeness (QED) is 0.302. The molecule has 0 spiro atoms. The molecular formula is C22H20N4O5. The molecule has 0 saturated heterocycles. The van der Waals surface area contributed by atoms with Gasteiger partial charge >= 0.3 is 5.97 Å². The molecule has 2 aromatic heterocycles. The van der Waals surface area contributed by atoms with Crippen molar-refractivity contribution in [3.05, 3.63) is 58.1 Å². The average molecular weight is 420 g/mol. The zero-order valence-electron chi connectivity index (χ0n) is 17.4. The van der Waals surface area contributed by atoms with Crippen LogP contribution in [0.1, 0.15) is 18.1 Å². The van der Waals surface area contributed by atoms with Gasteiger partial charge in [-0.25, -0.2) is 4.98 Å². The lowest BCUT2D eigenvalue weighted by molar-refractivity contribution is -0.132. The van der Waals surface area contributed by atoms with Crippen molar-refractivity contribution in [3.63, 3.8) is 0 Å². The third-order valence-electron chi connectivity index (χ3n) is 4.70. The molecule has 4 aromatic rings. The lowest BCUT2D eigenvalue weighted by Crippen LogP contribution is -2.17. The zero-order valence-corrected chi connectivity index (χ0v) is 17.4. The molecule has 0 radical (unpaired) electrons. The van der Waals surface area contributed by atoms with Gasteiger partial charge in [0.2, 0.25) is 5.75 Å². The fourth-order valence-electron chi connectivity index (χ4n) is 3.29. The summed E-state index contributed by atoms with van der Waals surface area (Å²) in [5.74, 6) is 0.256. The third-order valence-corrected chi connectivity index (χ3v) is 4.70. The van der Waals surface area contributed by atoms with Gasteiger partial charge in [-0.15, -0.1) is 0 Å². The van der Waals surface area contributed by atoms with E-state index in [0.717, 1.165) is 21.1 Å². The van der Waals surface area contributed by atoms with E-state index in [0.29, 0.717) is 28.1 Å². The standard InChI is InChI=1S/C22H20N4O5/c1-12-5-6-16-15(7-12)19-20(25-16)22(28)26(11-23-19)24-10-14-8-17(29-3)21(31-13(2)27)18(9-14)30-4/h5-11,25H,1-4H3/b24-10+. The Balaban J connectivity index is 1.76. The van der Waals surface area contributed by atoms with Gasteiger partial charge < -0.3 is 19.2 Å². The van der Waals surface area contributed by atoms with Crippen LogP contribution >= 0.6 is 0 Å². The van der Waals surface area contributed by atoms with Crippen molar-refractivity contribution >= 4 is 34.1 Å². The number of aryl methyl sites for hydroxylation is 1. The Morgan fingerprint density at radius 3 is 2.52 bits per heavy atom. The first-order chi connectivity index (χ1) is 14.9. The van der Waals surface area contributed by atoms with E-state index in [4.69, 9.17) is 14.2 Å². The van der Waals surface area contributed by atoms with E-state index in [-0.39, 0.29) is 11.3 Å². The van der Waals surface area contributed by atoms with Crippen molar-refractivity contribution in [2.45, 2.75) is 13.8 Å². The molecule has 0 aliphatic rings. The van der Waals surface area contributed by atoms with Crippen molar-refractivity contribution in [2.24, 2.45) is 5.10 Å². The maximum absolute atomic E-state index is 12.9. The van der Waals surface area contributed by atoms with Gasteiger partial charge in [0.05, 0.1) is 20.4 Å². The molecule has 0 aliphatic carbocycles. The Morgan fingerprint density at radius 2 is 1.87 bits per heavy atom. The van der Waals surface area contributed by atoms with E-state index in [2.05, 4.69) is 15.1 Å². The summed E-state index contributed by atoms with van der Waals surface area (Å²) in [4.78, 5) is 31.8. The smallest absolute Gasteiger partial charge is 0.308 e. The third kappa shape index (κ3) is 3.73. The summed E-state index contributed by atoms with van der Waals surface area (Å²) in [6.45, 7) is 3.27. The molecule has 158 valence electrons. The van der Waals surface area contributed by atoms with Crippen LogP contribution in [0.3, 0.4) is 0 Å². The normalized spacial score (nSPS) is 11.4. The molecule has 0 aliphatic heterocycles. The minimum Gasteiger partial charge on any atom is -0.493 e. The van der Waals surface area contributed by atoms with Crippen LogP contribution in [0.25, 0.3) is 21.9 Å². The van der Waals surface area contributed by atoms with Gasteiger partial charge in [-0.1, -0.05) is 11.6 Å². The van der Waals surface area contributed by atoms with E-state index >= 15 is 0 Å². The molecule has 0 amide bonds. The van der Waals surface area contributed by atoms with Crippen LogP contribution in [0.15, 0.2) is 46.6 Å². The Morgan fingerprint density at radius 1 is 1.16 bits per heavy atom. The molecule has 2 heterocycles. The number of carbonyl (C=O) groups excluding carboxylic acids is 1. The van der Waals surface area contributed by atoms with E-state index in [9.17, 15) is 9.59 Å². The zero-order chi connectivity index (χ0) is 22.1. The second-order valence-corrected chi connectivity index (χ2v) is 6.88. The average Bonchev–Trinajstić information content (AvgIpc) is 3.12. The van der Waals surface area contributed by atoms with E-state index in [1.54, 1.807) is 12.1 Å². The van der Waals surface area contributed by atoms with Crippen LogP contribution in [0.4, 0.5) is 0 Å².